The normalized spacial score (nSPS) is 13.3. The van der Waals surface area contributed by atoms with Crippen molar-refractivity contribution in [3.8, 4) is 0 Å². The number of carbonyl (C=O) groups is 2. The van der Waals surface area contributed by atoms with Crippen molar-refractivity contribution in [2.45, 2.75) is 38.8 Å². The molecule has 2 atom stereocenters. The summed E-state index contributed by atoms with van der Waals surface area (Å²) in [5, 5.41) is 7.36. The zero-order valence-electron chi connectivity index (χ0n) is 14.1. The zero-order chi connectivity index (χ0) is 17.7. The van der Waals surface area contributed by atoms with Crippen molar-refractivity contribution in [1.29, 1.82) is 0 Å². The molecule has 0 aliphatic carbocycles. The molecular formula is C18H23N3O2S. The second-order valence-electron chi connectivity index (χ2n) is 6.01. The van der Waals surface area contributed by atoms with E-state index in [9.17, 15) is 9.59 Å². The van der Waals surface area contributed by atoms with Gasteiger partial charge >= 0.3 is 6.03 Å². The van der Waals surface area contributed by atoms with Gasteiger partial charge in [0.05, 0.1) is 6.04 Å². The molecule has 0 aliphatic heterocycles. The second kappa shape index (κ2) is 7.97. The lowest BCUT2D eigenvalue weighted by Gasteiger charge is -2.21. The van der Waals surface area contributed by atoms with E-state index in [4.69, 9.17) is 5.73 Å². The van der Waals surface area contributed by atoms with Gasteiger partial charge in [0.2, 0.25) is 5.91 Å². The van der Waals surface area contributed by atoms with Gasteiger partial charge in [-0.3, -0.25) is 4.79 Å². The molecule has 128 valence electrons. The summed E-state index contributed by atoms with van der Waals surface area (Å²) >= 11 is 1.58. The largest absolute Gasteiger partial charge is 0.352 e. The maximum atomic E-state index is 12.4. The number of rotatable bonds is 6. The van der Waals surface area contributed by atoms with Crippen molar-refractivity contribution in [3.05, 3.63) is 57.8 Å². The Balaban J connectivity index is 2.23. The van der Waals surface area contributed by atoms with Crippen molar-refractivity contribution in [2.24, 2.45) is 5.73 Å². The van der Waals surface area contributed by atoms with E-state index in [1.54, 1.807) is 18.3 Å². The van der Waals surface area contributed by atoms with Gasteiger partial charge in [-0.1, -0.05) is 44.2 Å². The smallest absolute Gasteiger partial charge is 0.312 e. The third-order valence-electron chi connectivity index (χ3n) is 3.80. The van der Waals surface area contributed by atoms with E-state index in [2.05, 4.69) is 36.6 Å². The third-order valence-corrected chi connectivity index (χ3v) is 4.74. The predicted octanol–water partition coefficient (Wildman–Crippen LogP) is 3.13. The molecule has 1 heterocycles. The van der Waals surface area contributed by atoms with Gasteiger partial charge in [0.1, 0.15) is 6.04 Å². The van der Waals surface area contributed by atoms with E-state index in [1.165, 1.54) is 5.56 Å². The number of thiophene rings is 1. The average molecular weight is 345 g/mol. The van der Waals surface area contributed by atoms with Crippen LogP contribution in [0, 0.1) is 0 Å². The number of nitrogens with two attached hydrogens (primary N) is 1. The Morgan fingerprint density at radius 3 is 2.12 bits per heavy atom. The van der Waals surface area contributed by atoms with Crippen LogP contribution in [-0.2, 0) is 4.79 Å². The van der Waals surface area contributed by atoms with Crippen LogP contribution in [0.5, 0.6) is 0 Å². The van der Waals surface area contributed by atoms with E-state index in [1.807, 2.05) is 29.6 Å². The van der Waals surface area contributed by atoms with Crippen LogP contribution < -0.4 is 16.4 Å². The van der Waals surface area contributed by atoms with Crippen molar-refractivity contribution in [1.82, 2.24) is 10.6 Å². The van der Waals surface area contributed by atoms with Gasteiger partial charge in [-0.2, -0.15) is 0 Å². The number of hydrogen-bond acceptors (Lipinski definition) is 3. The van der Waals surface area contributed by atoms with E-state index in [-0.39, 0.29) is 11.9 Å². The van der Waals surface area contributed by atoms with E-state index >= 15 is 0 Å². The molecule has 0 spiro atoms. The Morgan fingerprint density at radius 1 is 1.00 bits per heavy atom. The van der Waals surface area contributed by atoms with Crippen molar-refractivity contribution >= 4 is 23.3 Å². The Bertz CT molecular complexity index is 681. The molecule has 1 aromatic carbocycles. The van der Waals surface area contributed by atoms with Crippen LogP contribution in [0.1, 0.15) is 48.7 Å². The van der Waals surface area contributed by atoms with E-state index in [0.717, 1.165) is 10.4 Å². The number of nitrogens with one attached hydrogen (secondary N) is 2. The molecule has 0 bridgehead atoms. The minimum Gasteiger partial charge on any atom is -0.352 e. The van der Waals surface area contributed by atoms with Crippen molar-refractivity contribution in [3.63, 3.8) is 0 Å². The Labute approximate surface area is 146 Å². The molecule has 5 nitrogen and oxygen atoms in total. The Hall–Kier alpha value is -2.34. The fourth-order valence-electron chi connectivity index (χ4n) is 2.39. The molecule has 6 heteroatoms. The second-order valence-corrected chi connectivity index (χ2v) is 6.99. The molecule has 0 aliphatic rings. The van der Waals surface area contributed by atoms with Gasteiger partial charge in [-0.05, 0) is 35.4 Å². The third kappa shape index (κ3) is 4.58. The molecule has 3 amide bonds. The van der Waals surface area contributed by atoms with Crippen LogP contribution in [0.2, 0.25) is 0 Å². The monoisotopic (exact) mass is 345 g/mol. The Morgan fingerprint density at radius 2 is 1.62 bits per heavy atom. The highest BCUT2D eigenvalue weighted by atomic mass is 32.1. The van der Waals surface area contributed by atoms with Gasteiger partial charge in [0.15, 0.2) is 0 Å². The summed E-state index contributed by atoms with van der Waals surface area (Å²) in [5.74, 6) is 0.175. The number of hydrogen-bond donors (Lipinski definition) is 3. The van der Waals surface area contributed by atoms with Crippen LogP contribution in [-0.4, -0.2) is 18.0 Å². The topological polar surface area (TPSA) is 84.2 Å². The minimum atomic E-state index is -0.716. The van der Waals surface area contributed by atoms with Gasteiger partial charge in [-0.25, -0.2) is 4.79 Å². The van der Waals surface area contributed by atoms with Crippen LogP contribution >= 0.6 is 11.3 Å². The van der Waals surface area contributed by atoms with Gasteiger partial charge in [-0.15, -0.1) is 11.3 Å². The molecule has 0 unspecified atom stereocenters. The maximum Gasteiger partial charge on any atom is 0.312 e. The molecule has 24 heavy (non-hydrogen) atoms. The van der Waals surface area contributed by atoms with E-state index < -0.39 is 12.1 Å². The molecule has 1 aromatic heterocycles. The van der Waals surface area contributed by atoms with Gasteiger partial charge < -0.3 is 16.4 Å². The summed E-state index contributed by atoms with van der Waals surface area (Å²) in [4.78, 5) is 24.3. The number of urea groups is 1. The lowest BCUT2D eigenvalue weighted by atomic mass is 9.98. The average Bonchev–Trinajstić information content (AvgIpc) is 3.06. The number of amides is 3. The quantitative estimate of drug-likeness (QED) is 0.751. The summed E-state index contributed by atoms with van der Waals surface area (Å²) in [6.07, 6.45) is 0. The standard InChI is InChI=1S/C18H23N3O2S/c1-11(2)13-6-8-14(9-7-13)16(15-5-4-10-24-15)21-17(22)12(3)20-18(19)23/h4-12,16H,1-3H3,(H,21,22)(H3,19,20,23)/t12-,16+/m1/s1. The van der Waals surface area contributed by atoms with Crippen LogP contribution in [0.4, 0.5) is 4.79 Å². The first-order chi connectivity index (χ1) is 11.4. The first kappa shape index (κ1) is 18.0. The summed E-state index contributed by atoms with van der Waals surface area (Å²) in [7, 11) is 0. The van der Waals surface area contributed by atoms with Gasteiger partial charge in [0.25, 0.3) is 0 Å². The number of benzene rings is 1. The first-order valence-electron chi connectivity index (χ1n) is 7.88. The molecule has 2 rings (SSSR count). The molecule has 0 fully saturated rings. The van der Waals surface area contributed by atoms with Crippen LogP contribution in [0.3, 0.4) is 0 Å². The zero-order valence-corrected chi connectivity index (χ0v) is 14.9. The minimum absolute atomic E-state index is 0.254. The van der Waals surface area contributed by atoms with Gasteiger partial charge in [0, 0.05) is 4.88 Å². The predicted molar refractivity (Wildman–Crippen MR) is 97.0 cm³/mol. The fraction of sp³-hybridized carbons (Fsp3) is 0.333. The molecule has 0 radical (unpaired) electrons. The van der Waals surface area contributed by atoms with Crippen LogP contribution in [0.15, 0.2) is 41.8 Å². The highest BCUT2D eigenvalue weighted by molar-refractivity contribution is 7.10. The number of primary amides is 1. The lowest BCUT2D eigenvalue weighted by Crippen LogP contribution is -2.47. The number of carbonyl (C=O) groups excluding carboxylic acids is 2. The first-order valence-corrected chi connectivity index (χ1v) is 8.76. The molecule has 0 saturated carbocycles. The lowest BCUT2D eigenvalue weighted by molar-refractivity contribution is -0.123. The van der Waals surface area contributed by atoms with E-state index in [0.29, 0.717) is 5.92 Å². The summed E-state index contributed by atoms with van der Waals surface area (Å²) in [6, 6.07) is 10.5. The van der Waals surface area contributed by atoms with Crippen molar-refractivity contribution in [2.75, 3.05) is 0 Å². The Kier molecular flexibility index (Phi) is 5.98. The molecule has 4 N–H and O–H groups in total. The summed E-state index contributed by atoms with van der Waals surface area (Å²) in [5.41, 5.74) is 7.33. The molecule has 2 aromatic rings. The summed E-state index contributed by atoms with van der Waals surface area (Å²) < 4.78 is 0. The maximum absolute atomic E-state index is 12.4. The SMILES string of the molecule is CC(C)c1ccc([C@H](NC(=O)[C@@H](C)NC(N)=O)c2cccs2)cc1. The highest BCUT2D eigenvalue weighted by Gasteiger charge is 2.22. The van der Waals surface area contributed by atoms with Crippen LogP contribution in [0.25, 0.3) is 0 Å². The molecule has 0 saturated heterocycles. The molecular weight excluding hydrogens is 322 g/mol. The summed E-state index contributed by atoms with van der Waals surface area (Å²) in [6.45, 7) is 5.89. The fourth-order valence-corrected chi connectivity index (χ4v) is 3.20. The highest BCUT2D eigenvalue weighted by Crippen LogP contribution is 2.27. The van der Waals surface area contributed by atoms with Crippen molar-refractivity contribution < 1.29 is 9.59 Å².